The lowest BCUT2D eigenvalue weighted by Gasteiger charge is -2.14. The molecule has 1 aromatic carbocycles. The standard InChI is InChI=1S/C27H31N3O3/c1-4-7-8-11-25(31)20-12-14-21-19(16-20)13-15-23(21)28-26(32)22-17-24(29-30-27(22)33)18(9-5-2)10-6-3/h5-6,9-10,12,14,16-17,23H,2,4,7-8,11,13,15H2,1,3H3,(H,28,32)(H,30,33)/b10-6-,18-9+. The SMILES string of the molecule is C=C/C=C(\C=C/C)c1cc(C(=O)NC2CCc3cc(C(=O)CCCCC)ccc32)c(=O)[nH]n1. The summed E-state index contributed by atoms with van der Waals surface area (Å²) in [5, 5.41) is 9.47. The Labute approximate surface area is 194 Å². The van der Waals surface area contributed by atoms with E-state index in [0.29, 0.717) is 12.1 Å². The number of carbonyl (C=O) groups is 2. The van der Waals surface area contributed by atoms with E-state index in [-0.39, 0.29) is 17.4 Å². The van der Waals surface area contributed by atoms with Crippen LogP contribution in [0.4, 0.5) is 0 Å². The summed E-state index contributed by atoms with van der Waals surface area (Å²) in [6.07, 6.45) is 12.2. The highest BCUT2D eigenvalue weighted by atomic mass is 16.2. The number of ketones is 1. The van der Waals surface area contributed by atoms with Gasteiger partial charge in [-0.15, -0.1) is 0 Å². The number of aromatic amines is 1. The average Bonchev–Trinajstić information content (AvgIpc) is 3.21. The highest BCUT2D eigenvalue weighted by molar-refractivity contribution is 5.97. The van der Waals surface area contributed by atoms with Gasteiger partial charge < -0.3 is 5.32 Å². The molecule has 0 radical (unpaired) electrons. The van der Waals surface area contributed by atoms with Crippen molar-refractivity contribution in [3.63, 3.8) is 0 Å². The van der Waals surface area contributed by atoms with Gasteiger partial charge in [0.25, 0.3) is 11.5 Å². The number of benzene rings is 1. The lowest BCUT2D eigenvalue weighted by molar-refractivity contribution is 0.0933. The first-order valence-electron chi connectivity index (χ1n) is 11.5. The van der Waals surface area contributed by atoms with Crippen LogP contribution in [-0.2, 0) is 6.42 Å². The molecule has 1 atom stereocenters. The maximum Gasteiger partial charge on any atom is 0.277 e. The average molecular weight is 446 g/mol. The monoisotopic (exact) mass is 445 g/mol. The minimum absolute atomic E-state index is 0.00985. The molecule has 1 aliphatic carbocycles. The Morgan fingerprint density at radius 2 is 2.09 bits per heavy atom. The van der Waals surface area contributed by atoms with Gasteiger partial charge in [0.2, 0.25) is 0 Å². The van der Waals surface area contributed by atoms with Crippen LogP contribution in [0.1, 0.15) is 89.5 Å². The number of nitrogens with one attached hydrogen (secondary N) is 2. The number of fused-ring (bicyclic) bond motifs is 1. The van der Waals surface area contributed by atoms with E-state index in [0.717, 1.165) is 54.4 Å². The normalized spacial score (nSPS) is 15.5. The number of rotatable bonds is 10. The largest absolute Gasteiger partial charge is 0.345 e. The minimum Gasteiger partial charge on any atom is -0.345 e. The smallest absolute Gasteiger partial charge is 0.277 e. The van der Waals surface area contributed by atoms with Crippen LogP contribution in [0.15, 0.2) is 59.9 Å². The molecule has 0 saturated carbocycles. The van der Waals surface area contributed by atoms with E-state index in [1.807, 2.05) is 37.3 Å². The molecule has 6 nitrogen and oxygen atoms in total. The van der Waals surface area contributed by atoms with Gasteiger partial charge in [-0.25, -0.2) is 5.10 Å². The molecule has 0 bridgehead atoms. The molecule has 0 fully saturated rings. The van der Waals surface area contributed by atoms with Crippen LogP contribution in [0.25, 0.3) is 5.57 Å². The second-order valence-corrected chi connectivity index (χ2v) is 8.21. The van der Waals surface area contributed by atoms with Crippen LogP contribution in [0.3, 0.4) is 0 Å². The molecule has 1 amide bonds. The summed E-state index contributed by atoms with van der Waals surface area (Å²) in [4.78, 5) is 37.7. The fraction of sp³-hybridized carbons (Fsp3) is 0.333. The van der Waals surface area contributed by atoms with Gasteiger partial charge in [0.05, 0.1) is 11.7 Å². The number of Topliss-reactive ketones (excluding diaryl/α,β-unsaturated/α-hetero) is 1. The third-order valence-corrected chi connectivity index (χ3v) is 5.84. The molecule has 1 aliphatic rings. The topological polar surface area (TPSA) is 91.9 Å². The van der Waals surface area contributed by atoms with Gasteiger partial charge in [0.1, 0.15) is 5.56 Å². The van der Waals surface area contributed by atoms with Crippen molar-refractivity contribution < 1.29 is 9.59 Å². The molecule has 0 aliphatic heterocycles. The zero-order valence-corrected chi connectivity index (χ0v) is 19.3. The first-order valence-corrected chi connectivity index (χ1v) is 11.5. The Kier molecular flexibility index (Phi) is 8.30. The Balaban J connectivity index is 1.77. The third-order valence-electron chi connectivity index (χ3n) is 5.84. The van der Waals surface area contributed by atoms with Crippen molar-refractivity contribution in [3.8, 4) is 0 Å². The Bertz CT molecular complexity index is 1160. The number of carbonyl (C=O) groups excluding carboxylic acids is 2. The van der Waals surface area contributed by atoms with Crippen molar-refractivity contribution in [2.45, 2.75) is 58.4 Å². The molecule has 3 rings (SSSR count). The summed E-state index contributed by atoms with van der Waals surface area (Å²) in [7, 11) is 0. The maximum atomic E-state index is 13.0. The Hall–Kier alpha value is -3.54. The van der Waals surface area contributed by atoms with E-state index in [9.17, 15) is 14.4 Å². The molecule has 6 heteroatoms. The fourth-order valence-electron chi connectivity index (χ4n) is 4.11. The van der Waals surface area contributed by atoms with Gasteiger partial charge in [-0.1, -0.05) is 62.8 Å². The summed E-state index contributed by atoms with van der Waals surface area (Å²) >= 11 is 0. The lowest BCUT2D eigenvalue weighted by Crippen LogP contribution is -2.32. The van der Waals surface area contributed by atoms with E-state index in [1.165, 1.54) is 6.07 Å². The number of unbranched alkanes of at least 4 members (excludes halogenated alkanes) is 2. The number of hydrogen-bond donors (Lipinski definition) is 2. The molecular weight excluding hydrogens is 414 g/mol. The molecule has 1 heterocycles. The zero-order valence-electron chi connectivity index (χ0n) is 19.3. The molecule has 172 valence electrons. The van der Waals surface area contributed by atoms with Crippen LogP contribution in [-0.4, -0.2) is 21.9 Å². The van der Waals surface area contributed by atoms with Gasteiger partial charge in [-0.2, -0.15) is 5.10 Å². The van der Waals surface area contributed by atoms with Crippen LogP contribution < -0.4 is 10.9 Å². The van der Waals surface area contributed by atoms with Crippen LogP contribution in [0.2, 0.25) is 0 Å². The summed E-state index contributed by atoms with van der Waals surface area (Å²) in [5.74, 6) is -0.282. The van der Waals surface area contributed by atoms with Crippen molar-refractivity contribution in [2.24, 2.45) is 0 Å². The van der Waals surface area contributed by atoms with Gasteiger partial charge in [0.15, 0.2) is 5.78 Å². The Morgan fingerprint density at radius 1 is 1.27 bits per heavy atom. The second-order valence-electron chi connectivity index (χ2n) is 8.21. The predicted molar refractivity (Wildman–Crippen MR) is 131 cm³/mol. The summed E-state index contributed by atoms with van der Waals surface area (Å²) in [6, 6.07) is 7.03. The van der Waals surface area contributed by atoms with E-state index >= 15 is 0 Å². The number of amides is 1. The molecule has 1 aromatic heterocycles. The third kappa shape index (κ3) is 5.83. The van der Waals surface area contributed by atoms with Crippen molar-refractivity contribution in [3.05, 3.63) is 93.5 Å². The number of H-pyrrole nitrogens is 1. The molecular formula is C27H31N3O3. The van der Waals surface area contributed by atoms with Gasteiger partial charge in [-0.05, 0) is 49.4 Å². The number of nitrogens with zero attached hydrogens (tertiary/aromatic N) is 1. The van der Waals surface area contributed by atoms with E-state index in [1.54, 1.807) is 12.2 Å². The fourth-order valence-corrected chi connectivity index (χ4v) is 4.11. The minimum atomic E-state index is -0.541. The molecule has 0 saturated heterocycles. The Morgan fingerprint density at radius 3 is 2.82 bits per heavy atom. The quantitative estimate of drug-likeness (QED) is 0.302. The van der Waals surface area contributed by atoms with Crippen LogP contribution in [0, 0.1) is 0 Å². The summed E-state index contributed by atoms with van der Waals surface area (Å²) in [5.41, 5.74) is 3.50. The first kappa shape index (κ1) is 24.1. The van der Waals surface area contributed by atoms with Gasteiger partial charge in [-0.3, -0.25) is 14.4 Å². The van der Waals surface area contributed by atoms with E-state index < -0.39 is 11.5 Å². The summed E-state index contributed by atoms with van der Waals surface area (Å²) in [6.45, 7) is 7.69. The van der Waals surface area contributed by atoms with Crippen molar-refractivity contribution in [1.29, 1.82) is 0 Å². The highest BCUT2D eigenvalue weighted by Crippen LogP contribution is 2.32. The molecule has 33 heavy (non-hydrogen) atoms. The zero-order chi connectivity index (χ0) is 23.8. The van der Waals surface area contributed by atoms with Gasteiger partial charge in [0, 0.05) is 17.6 Å². The van der Waals surface area contributed by atoms with Crippen molar-refractivity contribution >= 4 is 17.3 Å². The number of aryl methyl sites for hydroxylation is 1. The number of allylic oxidation sites excluding steroid dienone is 5. The molecule has 2 N–H and O–H groups in total. The molecule has 0 spiro atoms. The maximum absolute atomic E-state index is 13.0. The highest BCUT2D eigenvalue weighted by Gasteiger charge is 2.26. The number of hydrogen-bond acceptors (Lipinski definition) is 4. The summed E-state index contributed by atoms with van der Waals surface area (Å²) < 4.78 is 0. The lowest BCUT2D eigenvalue weighted by atomic mass is 9.99. The van der Waals surface area contributed by atoms with Gasteiger partial charge >= 0.3 is 0 Å². The second kappa shape index (κ2) is 11.4. The molecule has 2 aromatic rings. The van der Waals surface area contributed by atoms with E-state index in [2.05, 4.69) is 29.0 Å². The number of aromatic nitrogens is 2. The van der Waals surface area contributed by atoms with Crippen LogP contribution in [0.5, 0.6) is 0 Å². The first-order chi connectivity index (χ1) is 16.0. The molecule has 1 unspecified atom stereocenters. The van der Waals surface area contributed by atoms with Crippen molar-refractivity contribution in [2.75, 3.05) is 0 Å². The van der Waals surface area contributed by atoms with Crippen molar-refractivity contribution in [1.82, 2.24) is 15.5 Å². The predicted octanol–water partition coefficient (Wildman–Crippen LogP) is 5.10. The van der Waals surface area contributed by atoms with Crippen LogP contribution >= 0.6 is 0 Å². The van der Waals surface area contributed by atoms with E-state index in [4.69, 9.17) is 0 Å².